The third-order valence-electron chi connectivity index (χ3n) is 3.77. The van der Waals surface area contributed by atoms with Gasteiger partial charge in [-0.15, -0.1) is 11.3 Å². The average molecular weight is 253 g/mol. The summed E-state index contributed by atoms with van der Waals surface area (Å²) < 4.78 is 0. The Labute approximate surface area is 108 Å². The smallest absolute Gasteiger partial charge is 0.0795 e. The van der Waals surface area contributed by atoms with Crippen molar-refractivity contribution in [2.45, 2.75) is 45.2 Å². The van der Waals surface area contributed by atoms with Gasteiger partial charge in [0.1, 0.15) is 0 Å². The molecule has 1 saturated heterocycles. The van der Waals surface area contributed by atoms with E-state index >= 15 is 0 Å². The second-order valence-corrected chi connectivity index (χ2v) is 5.90. The Hall–Kier alpha value is -0.450. The summed E-state index contributed by atoms with van der Waals surface area (Å²) in [7, 11) is 0. The number of aromatic nitrogens is 1. The van der Waals surface area contributed by atoms with Crippen LogP contribution >= 0.6 is 11.3 Å². The van der Waals surface area contributed by atoms with Crippen LogP contribution in [0.2, 0.25) is 0 Å². The van der Waals surface area contributed by atoms with Crippen LogP contribution in [0.5, 0.6) is 0 Å². The molecule has 3 nitrogen and oxygen atoms in total. The zero-order chi connectivity index (χ0) is 12.3. The summed E-state index contributed by atoms with van der Waals surface area (Å²) in [5.41, 5.74) is 9.14. The number of nitrogens with zero attached hydrogens (tertiary/aromatic N) is 2. The van der Waals surface area contributed by atoms with Gasteiger partial charge in [-0.05, 0) is 45.7 Å². The predicted molar refractivity (Wildman–Crippen MR) is 73.1 cm³/mol. The first-order valence-corrected chi connectivity index (χ1v) is 7.52. The normalized spacial score (nSPS) is 27.3. The molecule has 1 aliphatic heterocycles. The van der Waals surface area contributed by atoms with Crippen molar-refractivity contribution in [3.63, 3.8) is 0 Å². The first-order valence-electron chi connectivity index (χ1n) is 6.58. The lowest BCUT2D eigenvalue weighted by molar-refractivity contribution is 0.119. The molecule has 2 heterocycles. The third kappa shape index (κ3) is 2.87. The molecule has 1 fully saturated rings. The Bertz CT molecular complexity index is 323. The van der Waals surface area contributed by atoms with E-state index in [1.807, 2.05) is 5.51 Å². The molecule has 17 heavy (non-hydrogen) atoms. The lowest BCUT2D eigenvalue weighted by atomic mass is 9.92. The van der Waals surface area contributed by atoms with E-state index in [-0.39, 0.29) is 0 Å². The fourth-order valence-electron chi connectivity index (χ4n) is 2.87. The topological polar surface area (TPSA) is 42.1 Å². The first-order chi connectivity index (χ1) is 8.24. The maximum atomic E-state index is 5.98. The highest BCUT2D eigenvalue weighted by Crippen LogP contribution is 2.35. The van der Waals surface area contributed by atoms with Crippen molar-refractivity contribution < 1.29 is 0 Å². The predicted octanol–water partition coefficient (Wildman–Crippen LogP) is 2.65. The lowest BCUT2D eigenvalue weighted by Crippen LogP contribution is -2.40. The van der Waals surface area contributed by atoms with Crippen molar-refractivity contribution in [2.75, 3.05) is 13.1 Å². The number of rotatable bonds is 3. The van der Waals surface area contributed by atoms with E-state index in [1.54, 1.807) is 11.3 Å². The van der Waals surface area contributed by atoms with E-state index in [4.69, 9.17) is 5.73 Å². The minimum absolute atomic E-state index is 0.425. The highest BCUT2D eigenvalue weighted by Gasteiger charge is 2.32. The molecule has 0 aliphatic carbocycles. The standard InChI is InChI=1S/C13H23N3S/c1-10(2)16-6-4-3-5-11(7-14)13(16)12-8-17-9-15-12/h8-11,13H,3-7,14H2,1-2H3. The van der Waals surface area contributed by atoms with Crippen LogP contribution in [0.25, 0.3) is 0 Å². The Balaban J connectivity index is 2.28. The summed E-state index contributed by atoms with van der Waals surface area (Å²) in [6.45, 7) is 6.50. The van der Waals surface area contributed by atoms with Crippen molar-refractivity contribution >= 4 is 11.3 Å². The van der Waals surface area contributed by atoms with Gasteiger partial charge >= 0.3 is 0 Å². The molecule has 2 unspecified atom stereocenters. The first kappa shape index (κ1) is 13.0. The van der Waals surface area contributed by atoms with Crippen molar-refractivity contribution in [1.82, 2.24) is 9.88 Å². The molecule has 1 aromatic rings. The molecule has 4 heteroatoms. The molecule has 0 amide bonds. The zero-order valence-electron chi connectivity index (χ0n) is 10.8. The Kier molecular flexibility index (Phi) is 4.54. The van der Waals surface area contributed by atoms with Crippen LogP contribution in [-0.4, -0.2) is 29.0 Å². The highest BCUT2D eigenvalue weighted by molar-refractivity contribution is 7.07. The number of likely N-dealkylation sites (tertiary alicyclic amines) is 1. The maximum absolute atomic E-state index is 5.98. The van der Waals surface area contributed by atoms with Gasteiger partial charge < -0.3 is 5.73 Å². The molecule has 0 bridgehead atoms. The van der Waals surface area contributed by atoms with Crippen LogP contribution in [0.4, 0.5) is 0 Å². The number of hydrogen-bond acceptors (Lipinski definition) is 4. The summed E-state index contributed by atoms with van der Waals surface area (Å²) >= 11 is 1.69. The van der Waals surface area contributed by atoms with Gasteiger partial charge in [0.25, 0.3) is 0 Å². The molecule has 0 saturated carbocycles. The molecule has 0 aromatic carbocycles. The maximum Gasteiger partial charge on any atom is 0.0795 e. The molecule has 2 N–H and O–H groups in total. The second-order valence-electron chi connectivity index (χ2n) is 5.18. The van der Waals surface area contributed by atoms with Crippen molar-refractivity contribution in [2.24, 2.45) is 11.7 Å². The van der Waals surface area contributed by atoms with Crippen LogP contribution in [0, 0.1) is 5.92 Å². The van der Waals surface area contributed by atoms with Crippen LogP contribution in [0.1, 0.15) is 44.8 Å². The van der Waals surface area contributed by atoms with Crippen molar-refractivity contribution in [1.29, 1.82) is 0 Å². The van der Waals surface area contributed by atoms with Gasteiger partial charge in [0, 0.05) is 11.4 Å². The fourth-order valence-corrected chi connectivity index (χ4v) is 3.46. The van der Waals surface area contributed by atoms with Crippen LogP contribution in [0.15, 0.2) is 10.9 Å². The summed E-state index contributed by atoms with van der Waals surface area (Å²) in [4.78, 5) is 7.12. The molecular formula is C13H23N3S. The molecule has 96 valence electrons. The molecule has 0 spiro atoms. The zero-order valence-corrected chi connectivity index (χ0v) is 11.6. The van der Waals surface area contributed by atoms with Crippen molar-refractivity contribution in [3.8, 4) is 0 Å². The van der Waals surface area contributed by atoms with E-state index in [0.717, 1.165) is 6.54 Å². The van der Waals surface area contributed by atoms with Crippen LogP contribution in [-0.2, 0) is 0 Å². The molecule has 1 aromatic heterocycles. The Morgan fingerprint density at radius 3 is 2.94 bits per heavy atom. The quantitative estimate of drug-likeness (QED) is 0.900. The van der Waals surface area contributed by atoms with E-state index in [1.165, 1.54) is 31.5 Å². The molecule has 2 atom stereocenters. The highest BCUT2D eigenvalue weighted by atomic mass is 32.1. The summed E-state index contributed by atoms with van der Waals surface area (Å²) in [5, 5.41) is 2.19. The van der Waals surface area contributed by atoms with Gasteiger partial charge in [0.05, 0.1) is 17.2 Å². The summed E-state index contributed by atoms with van der Waals surface area (Å²) in [5.74, 6) is 0.557. The molecule has 2 rings (SSSR count). The number of hydrogen-bond donors (Lipinski definition) is 1. The van der Waals surface area contributed by atoms with E-state index in [0.29, 0.717) is 18.0 Å². The molecule has 0 radical (unpaired) electrons. The van der Waals surface area contributed by atoms with E-state index < -0.39 is 0 Å². The Morgan fingerprint density at radius 2 is 2.35 bits per heavy atom. The van der Waals surface area contributed by atoms with Crippen molar-refractivity contribution in [3.05, 3.63) is 16.6 Å². The average Bonchev–Trinajstić information content (AvgIpc) is 2.74. The van der Waals surface area contributed by atoms with Gasteiger partial charge in [0.2, 0.25) is 0 Å². The SMILES string of the molecule is CC(C)N1CCCCC(CN)C1c1cscn1. The van der Waals surface area contributed by atoms with Gasteiger partial charge in [-0.25, -0.2) is 4.98 Å². The largest absolute Gasteiger partial charge is 0.330 e. The van der Waals surface area contributed by atoms with E-state index in [2.05, 4.69) is 29.1 Å². The van der Waals surface area contributed by atoms with Gasteiger partial charge in [-0.1, -0.05) is 6.42 Å². The number of thiazole rings is 1. The number of nitrogens with two attached hydrogens (primary N) is 1. The van der Waals surface area contributed by atoms with Gasteiger partial charge in [-0.2, -0.15) is 0 Å². The minimum Gasteiger partial charge on any atom is -0.330 e. The monoisotopic (exact) mass is 253 g/mol. The summed E-state index contributed by atoms with van der Waals surface area (Å²) in [6, 6.07) is 0.989. The third-order valence-corrected chi connectivity index (χ3v) is 4.37. The fraction of sp³-hybridized carbons (Fsp3) is 0.769. The second kappa shape index (κ2) is 5.94. The van der Waals surface area contributed by atoms with Crippen LogP contribution in [0.3, 0.4) is 0 Å². The van der Waals surface area contributed by atoms with Gasteiger partial charge in [-0.3, -0.25) is 4.90 Å². The molecular weight excluding hydrogens is 230 g/mol. The van der Waals surface area contributed by atoms with Crippen LogP contribution < -0.4 is 5.73 Å². The van der Waals surface area contributed by atoms with E-state index in [9.17, 15) is 0 Å². The Morgan fingerprint density at radius 1 is 1.53 bits per heavy atom. The lowest BCUT2D eigenvalue weighted by Gasteiger charge is -2.36. The van der Waals surface area contributed by atoms with Gasteiger partial charge in [0.15, 0.2) is 0 Å². The molecule has 1 aliphatic rings. The summed E-state index contributed by atoms with van der Waals surface area (Å²) in [6.07, 6.45) is 3.82. The minimum atomic E-state index is 0.425.